The molecular weight excluding hydrogens is 326 g/mol. The second kappa shape index (κ2) is 6.11. The largest absolute Gasteiger partial charge is 0.382 e. The van der Waals surface area contributed by atoms with Gasteiger partial charge < -0.3 is 10.0 Å². The molecular formula is C20H21N5O. The van der Waals surface area contributed by atoms with Crippen molar-refractivity contribution in [1.82, 2.24) is 15.2 Å². The fourth-order valence-corrected chi connectivity index (χ4v) is 3.70. The highest BCUT2D eigenvalue weighted by molar-refractivity contribution is 5.95. The van der Waals surface area contributed by atoms with E-state index >= 15 is 0 Å². The van der Waals surface area contributed by atoms with Gasteiger partial charge >= 0.3 is 0 Å². The van der Waals surface area contributed by atoms with E-state index in [4.69, 9.17) is 0 Å². The number of nitrogens with zero attached hydrogens (tertiary/aromatic N) is 4. The Kier molecular flexibility index (Phi) is 3.89. The average Bonchev–Trinajstić information content (AvgIpc) is 3.31. The number of β-amino-alcohol motifs (C(OH)–C–C–N with tert-alkyl or cyclic N) is 1. The highest BCUT2D eigenvalue weighted by Gasteiger charge is 2.40. The van der Waals surface area contributed by atoms with Crippen molar-refractivity contribution in [1.29, 1.82) is 5.26 Å². The Morgan fingerprint density at radius 1 is 1.35 bits per heavy atom. The minimum atomic E-state index is -0.992. The third-order valence-electron chi connectivity index (χ3n) is 5.22. The Bertz CT molecular complexity index is 989. The van der Waals surface area contributed by atoms with Gasteiger partial charge in [0.05, 0.1) is 29.0 Å². The van der Waals surface area contributed by atoms with Gasteiger partial charge in [-0.25, -0.2) is 0 Å². The third kappa shape index (κ3) is 2.61. The van der Waals surface area contributed by atoms with Gasteiger partial charge in [-0.2, -0.15) is 10.4 Å². The molecule has 1 aliphatic heterocycles. The molecule has 1 saturated heterocycles. The number of benzene rings is 1. The molecule has 1 unspecified atom stereocenters. The molecule has 132 valence electrons. The molecule has 6 nitrogen and oxygen atoms in total. The zero-order valence-electron chi connectivity index (χ0n) is 14.9. The topological polar surface area (TPSA) is 88.8 Å². The summed E-state index contributed by atoms with van der Waals surface area (Å²) >= 11 is 0. The van der Waals surface area contributed by atoms with Crippen molar-refractivity contribution in [3.63, 3.8) is 0 Å². The molecule has 0 aliphatic carbocycles. The van der Waals surface area contributed by atoms with Crippen molar-refractivity contribution in [2.45, 2.75) is 31.8 Å². The summed E-state index contributed by atoms with van der Waals surface area (Å²) < 4.78 is 0. The van der Waals surface area contributed by atoms with E-state index in [1.54, 1.807) is 18.5 Å². The molecule has 6 heteroatoms. The van der Waals surface area contributed by atoms with E-state index in [1.807, 2.05) is 6.07 Å². The Morgan fingerprint density at radius 2 is 2.19 bits per heavy atom. The van der Waals surface area contributed by atoms with E-state index in [2.05, 4.69) is 52.1 Å². The van der Waals surface area contributed by atoms with Crippen LogP contribution in [0.1, 0.15) is 43.0 Å². The minimum Gasteiger partial charge on any atom is -0.382 e. The second-order valence-corrected chi connectivity index (χ2v) is 7.24. The molecule has 1 aliphatic rings. The van der Waals surface area contributed by atoms with Gasteiger partial charge in [0.1, 0.15) is 11.7 Å². The SMILES string of the molecule is CC(C)c1ccc2ncc(C#N)c(N3CCC(O)(c4ccn[nH]4)C3)c2c1. The molecule has 1 atom stereocenters. The number of anilines is 1. The van der Waals surface area contributed by atoms with Crippen molar-refractivity contribution in [3.8, 4) is 6.07 Å². The zero-order chi connectivity index (χ0) is 18.3. The first-order valence-electron chi connectivity index (χ1n) is 8.82. The van der Waals surface area contributed by atoms with Crippen LogP contribution in [0.2, 0.25) is 0 Å². The van der Waals surface area contributed by atoms with Gasteiger partial charge in [-0.05, 0) is 29.7 Å². The molecule has 3 heterocycles. The normalized spacial score (nSPS) is 20.0. The summed E-state index contributed by atoms with van der Waals surface area (Å²) in [6.45, 7) is 5.37. The second-order valence-electron chi connectivity index (χ2n) is 7.24. The van der Waals surface area contributed by atoms with Crippen molar-refractivity contribution >= 4 is 16.6 Å². The van der Waals surface area contributed by atoms with Crippen molar-refractivity contribution < 1.29 is 5.11 Å². The number of hydrogen-bond donors (Lipinski definition) is 2. The Balaban J connectivity index is 1.83. The first kappa shape index (κ1) is 16.6. The molecule has 3 aromatic rings. The van der Waals surface area contributed by atoms with Gasteiger partial charge in [-0.3, -0.25) is 10.1 Å². The summed E-state index contributed by atoms with van der Waals surface area (Å²) in [6.07, 6.45) is 3.85. The van der Waals surface area contributed by atoms with Crippen LogP contribution in [0.25, 0.3) is 10.9 Å². The number of pyridine rings is 1. The number of hydrogen-bond acceptors (Lipinski definition) is 5. The lowest BCUT2D eigenvalue weighted by molar-refractivity contribution is 0.0560. The van der Waals surface area contributed by atoms with Crippen LogP contribution in [0.4, 0.5) is 5.69 Å². The number of aromatic amines is 1. The summed E-state index contributed by atoms with van der Waals surface area (Å²) in [7, 11) is 0. The van der Waals surface area contributed by atoms with E-state index in [0.717, 1.165) is 16.6 Å². The molecule has 26 heavy (non-hydrogen) atoms. The van der Waals surface area contributed by atoms with E-state index in [1.165, 1.54) is 5.56 Å². The lowest BCUT2D eigenvalue weighted by Gasteiger charge is -2.25. The summed E-state index contributed by atoms with van der Waals surface area (Å²) in [5, 5.41) is 28.5. The molecule has 0 spiro atoms. The first-order chi connectivity index (χ1) is 12.5. The molecule has 1 aromatic carbocycles. The summed E-state index contributed by atoms with van der Waals surface area (Å²) in [6, 6.07) is 10.3. The van der Waals surface area contributed by atoms with Gasteiger partial charge in [0.2, 0.25) is 0 Å². The van der Waals surface area contributed by atoms with Crippen LogP contribution >= 0.6 is 0 Å². The smallest absolute Gasteiger partial charge is 0.125 e. The molecule has 0 bridgehead atoms. The van der Waals surface area contributed by atoms with Crippen LogP contribution in [0.15, 0.2) is 36.7 Å². The van der Waals surface area contributed by atoms with E-state index in [-0.39, 0.29) is 0 Å². The van der Waals surface area contributed by atoms with Gasteiger partial charge in [0.25, 0.3) is 0 Å². The van der Waals surface area contributed by atoms with Crippen molar-refractivity contribution in [2.75, 3.05) is 18.0 Å². The lowest BCUT2D eigenvalue weighted by atomic mass is 9.98. The molecule has 0 radical (unpaired) electrons. The molecule has 1 fully saturated rings. The molecule has 0 amide bonds. The number of aromatic nitrogens is 3. The monoisotopic (exact) mass is 347 g/mol. The maximum atomic E-state index is 11.1. The Morgan fingerprint density at radius 3 is 2.88 bits per heavy atom. The first-order valence-corrected chi connectivity index (χ1v) is 8.82. The lowest BCUT2D eigenvalue weighted by Crippen LogP contribution is -2.31. The van der Waals surface area contributed by atoms with Crippen LogP contribution < -0.4 is 4.90 Å². The summed E-state index contributed by atoms with van der Waals surface area (Å²) in [5.41, 5.74) is 3.18. The summed E-state index contributed by atoms with van der Waals surface area (Å²) in [4.78, 5) is 6.53. The highest BCUT2D eigenvalue weighted by atomic mass is 16.3. The highest BCUT2D eigenvalue weighted by Crippen LogP contribution is 2.38. The summed E-state index contributed by atoms with van der Waals surface area (Å²) in [5.74, 6) is 0.387. The van der Waals surface area contributed by atoms with Crippen molar-refractivity contribution in [2.24, 2.45) is 0 Å². The molecule has 0 saturated carbocycles. The van der Waals surface area contributed by atoms with Crippen LogP contribution in [-0.2, 0) is 5.60 Å². The van der Waals surface area contributed by atoms with Gasteiger partial charge in [0.15, 0.2) is 0 Å². The van der Waals surface area contributed by atoms with Gasteiger partial charge in [-0.1, -0.05) is 19.9 Å². The number of aliphatic hydroxyl groups is 1. The van der Waals surface area contributed by atoms with Crippen LogP contribution in [0, 0.1) is 11.3 Å². The predicted octanol–water partition coefficient (Wildman–Crippen LogP) is 3.05. The average molecular weight is 347 g/mol. The Labute approximate surface area is 152 Å². The number of nitrogens with one attached hydrogen (secondary N) is 1. The van der Waals surface area contributed by atoms with E-state index < -0.39 is 5.60 Å². The van der Waals surface area contributed by atoms with E-state index in [9.17, 15) is 10.4 Å². The Hall–Kier alpha value is -2.91. The maximum Gasteiger partial charge on any atom is 0.125 e. The van der Waals surface area contributed by atoms with Crippen molar-refractivity contribution in [3.05, 3.63) is 53.5 Å². The van der Waals surface area contributed by atoms with Crippen LogP contribution in [0.3, 0.4) is 0 Å². The predicted molar refractivity (Wildman–Crippen MR) is 99.9 cm³/mol. The van der Waals surface area contributed by atoms with Gasteiger partial charge in [0, 0.05) is 30.7 Å². The zero-order valence-corrected chi connectivity index (χ0v) is 14.9. The number of fused-ring (bicyclic) bond motifs is 1. The van der Waals surface area contributed by atoms with Gasteiger partial charge in [-0.15, -0.1) is 0 Å². The minimum absolute atomic E-state index is 0.387. The fourth-order valence-electron chi connectivity index (χ4n) is 3.70. The quantitative estimate of drug-likeness (QED) is 0.760. The number of rotatable bonds is 3. The number of H-pyrrole nitrogens is 1. The standard InChI is InChI=1S/C20H21N5O/c1-13(2)14-3-4-17-16(9-14)19(15(10-21)11-22-17)25-8-6-20(26,12-25)18-5-7-23-24-18/h3-5,7,9,11,13,26H,6,8,12H2,1-2H3,(H,23,24). The van der Waals surface area contributed by atoms with E-state index in [0.29, 0.717) is 36.7 Å². The maximum absolute atomic E-state index is 11.1. The fraction of sp³-hybridized carbons (Fsp3) is 0.350. The number of nitriles is 1. The van der Waals surface area contributed by atoms with Crippen LogP contribution in [0.5, 0.6) is 0 Å². The third-order valence-corrected chi connectivity index (χ3v) is 5.22. The molecule has 2 N–H and O–H groups in total. The molecule has 4 rings (SSSR count). The van der Waals surface area contributed by atoms with Crippen LogP contribution in [-0.4, -0.2) is 33.4 Å². The molecule has 2 aromatic heterocycles.